The maximum absolute atomic E-state index is 5.78. The van der Waals surface area contributed by atoms with Crippen molar-refractivity contribution in [3.8, 4) is 0 Å². The number of rotatable bonds is 2. The minimum Gasteiger partial charge on any atom is -0.389 e. The Morgan fingerprint density at radius 3 is 3.00 bits per heavy atom. The van der Waals surface area contributed by atoms with Crippen molar-refractivity contribution < 1.29 is 0 Å². The summed E-state index contributed by atoms with van der Waals surface area (Å²) in [6.07, 6.45) is 0. The van der Waals surface area contributed by atoms with E-state index in [9.17, 15) is 0 Å². The average Bonchev–Trinajstić information content (AvgIpc) is 2.29. The summed E-state index contributed by atoms with van der Waals surface area (Å²) in [6, 6.07) is 4.42. The van der Waals surface area contributed by atoms with E-state index in [0.717, 1.165) is 35.1 Å². The molecular formula is C12H17N3S2. The van der Waals surface area contributed by atoms with Gasteiger partial charge in [-0.1, -0.05) is 12.2 Å². The lowest BCUT2D eigenvalue weighted by Gasteiger charge is -2.35. The minimum absolute atomic E-state index is 0.429. The normalized spacial score (nSPS) is 20.4. The van der Waals surface area contributed by atoms with Crippen LogP contribution in [-0.4, -0.2) is 34.1 Å². The second kappa shape index (κ2) is 5.23. The summed E-state index contributed by atoms with van der Waals surface area (Å²) in [4.78, 5) is 7.36. The summed E-state index contributed by atoms with van der Waals surface area (Å²) in [5.41, 5.74) is 7.67. The summed E-state index contributed by atoms with van der Waals surface area (Å²) < 4.78 is 0. The zero-order valence-corrected chi connectivity index (χ0v) is 11.8. The van der Waals surface area contributed by atoms with Crippen LogP contribution in [0.25, 0.3) is 0 Å². The quantitative estimate of drug-likeness (QED) is 0.830. The molecule has 3 nitrogen and oxygen atoms in total. The van der Waals surface area contributed by atoms with Crippen molar-refractivity contribution in [3.63, 3.8) is 0 Å². The average molecular weight is 267 g/mol. The third-order valence-electron chi connectivity index (χ3n) is 2.92. The topological polar surface area (TPSA) is 42.1 Å². The second-order valence-electron chi connectivity index (χ2n) is 4.31. The van der Waals surface area contributed by atoms with Crippen LogP contribution in [0.5, 0.6) is 0 Å². The van der Waals surface area contributed by atoms with E-state index in [4.69, 9.17) is 18.0 Å². The molecule has 0 amide bonds. The predicted octanol–water partition coefficient (Wildman–Crippen LogP) is 1.97. The largest absolute Gasteiger partial charge is 0.389 e. The van der Waals surface area contributed by atoms with E-state index in [2.05, 4.69) is 16.8 Å². The van der Waals surface area contributed by atoms with Crippen molar-refractivity contribution in [2.45, 2.75) is 19.9 Å². The van der Waals surface area contributed by atoms with Gasteiger partial charge in [-0.2, -0.15) is 11.8 Å². The molecule has 92 valence electrons. The summed E-state index contributed by atoms with van der Waals surface area (Å²) in [7, 11) is 0. The van der Waals surface area contributed by atoms with Crippen LogP contribution in [-0.2, 0) is 0 Å². The molecule has 0 aromatic carbocycles. The molecule has 1 saturated heterocycles. The van der Waals surface area contributed by atoms with Crippen molar-refractivity contribution >= 4 is 34.8 Å². The van der Waals surface area contributed by atoms with Crippen LogP contribution in [0, 0.1) is 6.92 Å². The molecular weight excluding hydrogens is 250 g/mol. The highest BCUT2D eigenvalue weighted by Crippen LogP contribution is 2.25. The standard InChI is InChI=1S/C12H17N3S2/c1-8-3-4-10(11(13)16)12(14-8)15-5-6-17-7-9(15)2/h3-4,9H,5-7H2,1-2H3,(H2,13,16). The summed E-state index contributed by atoms with van der Waals surface area (Å²) >= 11 is 7.09. The fourth-order valence-electron chi connectivity index (χ4n) is 2.00. The SMILES string of the molecule is Cc1ccc(C(N)=S)c(N2CCSCC2C)n1. The highest BCUT2D eigenvalue weighted by molar-refractivity contribution is 7.99. The van der Waals surface area contributed by atoms with Gasteiger partial charge in [0.2, 0.25) is 0 Å². The van der Waals surface area contributed by atoms with Crippen LogP contribution in [0.3, 0.4) is 0 Å². The van der Waals surface area contributed by atoms with Crippen LogP contribution in [0.15, 0.2) is 12.1 Å². The molecule has 2 rings (SSSR count). The molecule has 1 aromatic rings. The first kappa shape index (κ1) is 12.6. The lowest BCUT2D eigenvalue weighted by atomic mass is 10.2. The Hall–Kier alpha value is -0.810. The molecule has 0 spiro atoms. The maximum Gasteiger partial charge on any atom is 0.139 e. The van der Waals surface area contributed by atoms with E-state index >= 15 is 0 Å². The smallest absolute Gasteiger partial charge is 0.139 e. The van der Waals surface area contributed by atoms with Gasteiger partial charge in [0.1, 0.15) is 10.8 Å². The van der Waals surface area contributed by atoms with Gasteiger partial charge in [-0.25, -0.2) is 4.98 Å². The molecule has 2 heterocycles. The number of nitrogens with zero attached hydrogens (tertiary/aromatic N) is 2. The highest BCUT2D eigenvalue weighted by atomic mass is 32.2. The number of thioether (sulfide) groups is 1. The first-order chi connectivity index (χ1) is 8.09. The first-order valence-corrected chi connectivity index (χ1v) is 7.27. The Bertz CT molecular complexity index is 434. The molecule has 0 bridgehead atoms. The number of anilines is 1. The second-order valence-corrected chi connectivity index (χ2v) is 5.90. The van der Waals surface area contributed by atoms with Crippen LogP contribution in [0.2, 0.25) is 0 Å². The van der Waals surface area contributed by atoms with Gasteiger partial charge in [0.25, 0.3) is 0 Å². The third-order valence-corrected chi connectivity index (χ3v) is 4.33. The van der Waals surface area contributed by atoms with Gasteiger partial charge in [0, 0.05) is 29.8 Å². The Kier molecular flexibility index (Phi) is 3.89. The zero-order chi connectivity index (χ0) is 12.4. The molecule has 1 unspecified atom stereocenters. The maximum atomic E-state index is 5.78. The molecule has 0 radical (unpaired) electrons. The van der Waals surface area contributed by atoms with Crippen LogP contribution in [0.4, 0.5) is 5.82 Å². The minimum atomic E-state index is 0.429. The van der Waals surface area contributed by atoms with Crippen molar-refractivity contribution in [2.24, 2.45) is 5.73 Å². The van der Waals surface area contributed by atoms with Gasteiger partial charge in [-0.15, -0.1) is 0 Å². The monoisotopic (exact) mass is 267 g/mol. The van der Waals surface area contributed by atoms with E-state index in [1.54, 1.807) is 0 Å². The summed E-state index contributed by atoms with van der Waals surface area (Å²) in [5.74, 6) is 3.22. The molecule has 1 atom stereocenters. The molecule has 5 heteroatoms. The lowest BCUT2D eigenvalue weighted by molar-refractivity contribution is 0.688. The molecule has 17 heavy (non-hydrogen) atoms. The van der Waals surface area contributed by atoms with Crippen molar-refractivity contribution in [1.29, 1.82) is 0 Å². The Labute approximate surface area is 112 Å². The Morgan fingerprint density at radius 1 is 1.59 bits per heavy atom. The molecule has 1 aliphatic heterocycles. The molecule has 1 fully saturated rings. The fourth-order valence-corrected chi connectivity index (χ4v) is 3.17. The van der Waals surface area contributed by atoms with Crippen molar-refractivity contribution in [3.05, 3.63) is 23.4 Å². The number of aromatic nitrogens is 1. The molecule has 0 aliphatic carbocycles. The van der Waals surface area contributed by atoms with Crippen LogP contribution >= 0.6 is 24.0 Å². The van der Waals surface area contributed by atoms with Gasteiger partial charge < -0.3 is 10.6 Å². The molecule has 2 N–H and O–H groups in total. The van der Waals surface area contributed by atoms with Gasteiger partial charge in [0.15, 0.2) is 0 Å². The van der Waals surface area contributed by atoms with E-state index < -0.39 is 0 Å². The number of hydrogen-bond donors (Lipinski definition) is 1. The summed E-state index contributed by atoms with van der Waals surface area (Å²) in [6.45, 7) is 5.23. The highest BCUT2D eigenvalue weighted by Gasteiger charge is 2.23. The number of pyridine rings is 1. The first-order valence-electron chi connectivity index (χ1n) is 5.71. The zero-order valence-electron chi connectivity index (χ0n) is 10.1. The van der Waals surface area contributed by atoms with Gasteiger partial charge in [-0.3, -0.25) is 0 Å². The van der Waals surface area contributed by atoms with E-state index in [0.29, 0.717) is 11.0 Å². The van der Waals surface area contributed by atoms with E-state index in [1.165, 1.54) is 0 Å². The van der Waals surface area contributed by atoms with Gasteiger partial charge in [0.05, 0.1) is 5.56 Å². The summed E-state index contributed by atoms with van der Waals surface area (Å²) in [5, 5.41) is 0. The fraction of sp³-hybridized carbons (Fsp3) is 0.500. The van der Waals surface area contributed by atoms with Crippen molar-refractivity contribution in [2.75, 3.05) is 23.0 Å². The number of aryl methyl sites for hydroxylation is 1. The molecule has 0 saturated carbocycles. The number of hydrogen-bond acceptors (Lipinski definition) is 4. The van der Waals surface area contributed by atoms with Gasteiger partial charge >= 0.3 is 0 Å². The molecule has 1 aromatic heterocycles. The van der Waals surface area contributed by atoms with E-state index in [1.807, 2.05) is 30.8 Å². The van der Waals surface area contributed by atoms with Crippen LogP contribution in [0.1, 0.15) is 18.2 Å². The Morgan fingerprint density at radius 2 is 2.35 bits per heavy atom. The molecule has 1 aliphatic rings. The Balaban J connectivity index is 2.41. The lowest BCUT2D eigenvalue weighted by Crippen LogP contribution is -2.42. The third kappa shape index (κ3) is 2.72. The van der Waals surface area contributed by atoms with E-state index in [-0.39, 0.29) is 0 Å². The van der Waals surface area contributed by atoms with Crippen molar-refractivity contribution in [1.82, 2.24) is 4.98 Å². The predicted molar refractivity (Wildman–Crippen MR) is 79.0 cm³/mol. The number of nitrogens with two attached hydrogens (primary N) is 1. The van der Waals surface area contributed by atoms with Crippen LogP contribution < -0.4 is 10.6 Å². The van der Waals surface area contributed by atoms with Gasteiger partial charge in [-0.05, 0) is 26.0 Å². The number of thiocarbonyl (C=S) groups is 1.